The van der Waals surface area contributed by atoms with Crippen LogP contribution in [0.3, 0.4) is 0 Å². The van der Waals surface area contributed by atoms with Gasteiger partial charge in [0, 0.05) is 11.2 Å². The Hall–Kier alpha value is -2.73. The molecule has 7 heteroatoms. The number of esters is 1. The smallest absolute Gasteiger partial charge is 0.344 e. The first-order valence-corrected chi connectivity index (χ1v) is 6.56. The highest BCUT2D eigenvalue weighted by atomic mass is 35.5. The maximum Gasteiger partial charge on any atom is 0.344 e. The molecular formula is C15H11ClN2O4. The number of rotatable bonds is 4. The van der Waals surface area contributed by atoms with Gasteiger partial charge in [-0.2, -0.15) is 0 Å². The lowest BCUT2D eigenvalue weighted by molar-refractivity contribution is -0.385. The number of nitro groups is 1. The van der Waals surface area contributed by atoms with Gasteiger partial charge in [0.15, 0.2) is 0 Å². The van der Waals surface area contributed by atoms with Crippen molar-refractivity contribution in [2.45, 2.75) is 0 Å². The van der Waals surface area contributed by atoms with E-state index in [1.807, 2.05) is 0 Å². The number of methoxy groups -OCH3 is 1. The number of benzene rings is 2. The third-order valence-electron chi connectivity index (χ3n) is 2.82. The molecule has 6 nitrogen and oxygen atoms in total. The first kappa shape index (κ1) is 15.7. The van der Waals surface area contributed by atoms with Crippen molar-refractivity contribution in [1.82, 2.24) is 0 Å². The molecule has 0 aliphatic rings. The molecule has 2 aromatic carbocycles. The number of ether oxygens (including phenoxy) is 1. The van der Waals surface area contributed by atoms with Gasteiger partial charge in [-0.25, -0.2) is 4.79 Å². The van der Waals surface area contributed by atoms with Gasteiger partial charge in [-0.15, -0.1) is 0 Å². The average Bonchev–Trinajstić information content (AvgIpc) is 2.51. The maximum absolute atomic E-state index is 11.6. The number of carbonyl (C=O) groups is 1. The molecule has 0 spiro atoms. The number of halogens is 1. The summed E-state index contributed by atoms with van der Waals surface area (Å²) in [5, 5.41) is 11.8. The number of nitro benzene ring substituents is 1. The van der Waals surface area contributed by atoms with E-state index in [9.17, 15) is 14.9 Å². The predicted octanol–water partition coefficient (Wildman–Crippen LogP) is 3.79. The van der Waals surface area contributed by atoms with Gasteiger partial charge in [-0.3, -0.25) is 15.1 Å². The van der Waals surface area contributed by atoms with Gasteiger partial charge in [-0.1, -0.05) is 23.7 Å². The topological polar surface area (TPSA) is 81.8 Å². The van der Waals surface area contributed by atoms with Gasteiger partial charge < -0.3 is 4.74 Å². The van der Waals surface area contributed by atoms with Crippen LogP contribution in [-0.4, -0.2) is 24.2 Å². The fourth-order valence-corrected chi connectivity index (χ4v) is 2.03. The fourth-order valence-electron chi connectivity index (χ4n) is 1.84. The van der Waals surface area contributed by atoms with E-state index < -0.39 is 10.9 Å². The highest BCUT2D eigenvalue weighted by molar-refractivity contribution is 6.30. The Labute approximate surface area is 131 Å². The highest BCUT2D eigenvalue weighted by Crippen LogP contribution is 2.24. The molecule has 0 bridgehead atoms. The molecule has 0 aliphatic heterocycles. The molecule has 0 radical (unpaired) electrons. The van der Waals surface area contributed by atoms with Crippen LogP contribution in [0.4, 0.5) is 11.4 Å². The summed E-state index contributed by atoms with van der Waals surface area (Å²) in [5.74, 6) is -0.773. The lowest BCUT2D eigenvalue weighted by atomic mass is 10.1. The summed E-state index contributed by atoms with van der Waals surface area (Å²) < 4.78 is 4.56. The molecule has 0 amide bonds. The second kappa shape index (κ2) is 6.82. The van der Waals surface area contributed by atoms with E-state index >= 15 is 0 Å². The van der Waals surface area contributed by atoms with Crippen molar-refractivity contribution in [2.24, 2.45) is 4.99 Å². The monoisotopic (exact) mass is 318 g/mol. The maximum atomic E-state index is 11.6. The Morgan fingerprint density at radius 3 is 2.68 bits per heavy atom. The molecule has 0 aliphatic carbocycles. The zero-order valence-electron chi connectivity index (χ0n) is 11.5. The van der Waals surface area contributed by atoms with Crippen LogP contribution >= 0.6 is 11.6 Å². The van der Waals surface area contributed by atoms with E-state index in [1.54, 1.807) is 24.3 Å². The SMILES string of the molecule is COC(=O)c1cccc(C=Nc2cccc(Cl)c2)c1[N+](=O)[O-]. The minimum atomic E-state index is -0.773. The van der Waals surface area contributed by atoms with Crippen LogP contribution in [0.15, 0.2) is 47.5 Å². The molecule has 2 rings (SSSR count). The zero-order chi connectivity index (χ0) is 16.1. The number of carbonyl (C=O) groups excluding carboxylic acids is 1. The molecule has 0 unspecified atom stereocenters. The third-order valence-corrected chi connectivity index (χ3v) is 3.05. The van der Waals surface area contributed by atoms with Gasteiger partial charge in [0.1, 0.15) is 5.56 Å². The summed E-state index contributed by atoms with van der Waals surface area (Å²) in [7, 11) is 1.17. The quantitative estimate of drug-likeness (QED) is 0.372. The second-order valence-electron chi connectivity index (χ2n) is 4.23. The summed E-state index contributed by atoms with van der Waals surface area (Å²) in [6.07, 6.45) is 1.32. The molecule has 0 saturated heterocycles. The zero-order valence-corrected chi connectivity index (χ0v) is 12.3. The van der Waals surface area contributed by atoms with Crippen LogP contribution < -0.4 is 0 Å². The van der Waals surface area contributed by atoms with Crippen LogP contribution in [0.2, 0.25) is 5.02 Å². The van der Waals surface area contributed by atoms with Gasteiger partial charge >= 0.3 is 5.97 Å². The average molecular weight is 319 g/mol. The number of para-hydroxylation sites is 1. The Morgan fingerprint density at radius 1 is 1.32 bits per heavy atom. The van der Waals surface area contributed by atoms with Crippen molar-refractivity contribution < 1.29 is 14.5 Å². The van der Waals surface area contributed by atoms with Crippen molar-refractivity contribution in [3.8, 4) is 0 Å². The Bertz CT molecular complexity index is 759. The van der Waals surface area contributed by atoms with Gasteiger partial charge in [0.2, 0.25) is 0 Å². The molecule has 2 aromatic rings. The van der Waals surface area contributed by atoms with E-state index in [4.69, 9.17) is 11.6 Å². The largest absolute Gasteiger partial charge is 0.465 e. The molecule has 0 aromatic heterocycles. The van der Waals surface area contributed by atoms with Crippen LogP contribution in [-0.2, 0) is 4.74 Å². The second-order valence-corrected chi connectivity index (χ2v) is 4.67. The van der Waals surface area contributed by atoms with E-state index in [1.165, 1.54) is 31.5 Å². The van der Waals surface area contributed by atoms with E-state index in [-0.39, 0.29) is 16.8 Å². The number of hydrogen-bond donors (Lipinski definition) is 0. The lowest BCUT2D eigenvalue weighted by Crippen LogP contribution is -2.07. The van der Waals surface area contributed by atoms with Gasteiger partial charge in [0.25, 0.3) is 5.69 Å². The van der Waals surface area contributed by atoms with Crippen LogP contribution in [0.25, 0.3) is 0 Å². The normalized spacial score (nSPS) is 10.6. The van der Waals surface area contributed by atoms with Crippen LogP contribution in [0, 0.1) is 10.1 Å². The Kier molecular flexibility index (Phi) is 4.85. The molecular weight excluding hydrogens is 308 g/mol. The number of aliphatic imine (C=N–C) groups is 1. The Balaban J connectivity index is 2.47. The van der Waals surface area contributed by atoms with Gasteiger partial charge in [0.05, 0.1) is 23.3 Å². The summed E-state index contributed by atoms with van der Waals surface area (Å²) >= 11 is 5.85. The Morgan fingerprint density at radius 2 is 2.05 bits per heavy atom. The van der Waals surface area contributed by atoms with Crippen molar-refractivity contribution in [3.63, 3.8) is 0 Å². The third kappa shape index (κ3) is 3.48. The minimum Gasteiger partial charge on any atom is -0.465 e. The molecule has 22 heavy (non-hydrogen) atoms. The van der Waals surface area contributed by atoms with E-state index in [0.717, 1.165) is 0 Å². The van der Waals surface area contributed by atoms with E-state index in [2.05, 4.69) is 9.73 Å². The summed E-state index contributed by atoms with van der Waals surface area (Å²) in [6.45, 7) is 0. The molecule has 0 heterocycles. The first-order chi connectivity index (χ1) is 10.5. The van der Waals surface area contributed by atoms with Gasteiger partial charge in [-0.05, 0) is 30.3 Å². The lowest BCUT2D eigenvalue weighted by Gasteiger charge is -2.03. The summed E-state index contributed by atoms with van der Waals surface area (Å²) in [5.41, 5.74) is 0.279. The fraction of sp³-hybridized carbons (Fsp3) is 0.0667. The highest BCUT2D eigenvalue weighted by Gasteiger charge is 2.24. The number of hydrogen-bond acceptors (Lipinski definition) is 5. The van der Waals surface area contributed by atoms with E-state index in [0.29, 0.717) is 10.7 Å². The predicted molar refractivity (Wildman–Crippen MR) is 83.1 cm³/mol. The molecule has 0 atom stereocenters. The van der Waals surface area contributed by atoms with Crippen LogP contribution in [0.5, 0.6) is 0 Å². The molecule has 0 N–H and O–H groups in total. The van der Waals surface area contributed by atoms with Crippen molar-refractivity contribution in [1.29, 1.82) is 0 Å². The molecule has 0 saturated carbocycles. The standard InChI is InChI=1S/C15H11ClN2O4/c1-22-15(19)13-7-2-4-10(14(13)18(20)21)9-17-12-6-3-5-11(16)8-12/h2-9H,1H3. The summed E-state index contributed by atoms with van der Waals surface area (Å²) in [6, 6.07) is 11.1. The molecule has 112 valence electrons. The minimum absolute atomic E-state index is 0.123. The summed E-state index contributed by atoms with van der Waals surface area (Å²) in [4.78, 5) is 26.4. The van der Waals surface area contributed by atoms with Crippen LogP contribution in [0.1, 0.15) is 15.9 Å². The van der Waals surface area contributed by atoms with Crippen molar-refractivity contribution >= 4 is 35.2 Å². The molecule has 0 fully saturated rings. The van der Waals surface area contributed by atoms with Crippen molar-refractivity contribution in [2.75, 3.05) is 7.11 Å². The number of nitrogens with zero attached hydrogens (tertiary/aromatic N) is 2. The van der Waals surface area contributed by atoms with Crippen molar-refractivity contribution in [3.05, 3.63) is 68.7 Å². The first-order valence-electron chi connectivity index (χ1n) is 6.18.